The molecule has 5 heteroatoms. The first-order valence-electron chi connectivity index (χ1n) is 5.63. The molecule has 0 heterocycles. The Bertz CT molecular complexity index is 449. The third-order valence-electron chi connectivity index (χ3n) is 2.67. The number of ether oxygens (including phenoxy) is 1. The highest BCUT2D eigenvalue weighted by Crippen LogP contribution is 2.24. The molecule has 1 N–H and O–H groups in total. The molecule has 0 saturated carbocycles. The van der Waals surface area contributed by atoms with Gasteiger partial charge in [-0.3, -0.25) is 5.32 Å². The molecule has 0 aliphatic rings. The molecular formula is C13H17F2NO2. The van der Waals surface area contributed by atoms with Gasteiger partial charge in [-0.25, -0.2) is 13.6 Å². The number of halogens is 2. The molecule has 100 valence electrons. The Morgan fingerprint density at radius 2 is 1.94 bits per heavy atom. The Morgan fingerprint density at radius 3 is 2.39 bits per heavy atom. The lowest BCUT2D eigenvalue weighted by atomic mass is 9.91. The summed E-state index contributed by atoms with van der Waals surface area (Å²) >= 11 is 0. The molecule has 3 nitrogen and oxygen atoms in total. The summed E-state index contributed by atoms with van der Waals surface area (Å²) in [5, 5.41) is 3.01. The molecule has 1 unspecified atom stereocenters. The van der Waals surface area contributed by atoms with Crippen molar-refractivity contribution in [2.24, 2.45) is 0 Å². The van der Waals surface area contributed by atoms with Gasteiger partial charge in [0, 0.05) is 6.04 Å². The van der Waals surface area contributed by atoms with Crippen LogP contribution in [-0.2, 0) is 15.1 Å². The first-order valence-corrected chi connectivity index (χ1v) is 5.63. The number of esters is 1. The van der Waals surface area contributed by atoms with Crippen LogP contribution in [0.5, 0.6) is 0 Å². The lowest BCUT2D eigenvalue weighted by Crippen LogP contribution is -2.50. The predicted molar refractivity (Wildman–Crippen MR) is 64.0 cm³/mol. The second-order valence-corrected chi connectivity index (χ2v) is 4.54. The minimum Gasteiger partial charge on any atom is -0.467 e. The van der Waals surface area contributed by atoms with Crippen LogP contribution < -0.4 is 5.32 Å². The molecule has 1 atom stereocenters. The fraction of sp³-hybridized carbons (Fsp3) is 0.462. The van der Waals surface area contributed by atoms with E-state index in [1.165, 1.54) is 13.2 Å². The average molecular weight is 257 g/mol. The minimum atomic E-state index is -1.21. The normalized spacial score (nSPS) is 14.4. The van der Waals surface area contributed by atoms with E-state index in [0.717, 1.165) is 12.1 Å². The van der Waals surface area contributed by atoms with E-state index in [4.69, 9.17) is 4.74 Å². The molecule has 0 aliphatic heterocycles. The smallest absolute Gasteiger partial charge is 0.330 e. The molecule has 0 bridgehead atoms. The summed E-state index contributed by atoms with van der Waals surface area (Å²) in [5.74, 6) is -2.49. The van der Waals surface area contributed by atoms with Gasteiger partial charge in [-0.2, -0.15) is 0 Å². The first-order chi connectivity index (χ1) is 8.31. The number of hydrogen-bond donors (Lipinski definition) is 1. The van der Waals surface area contributed by atoms with Crippen LogP contribution >= 0.6 is 0 Å². The number of carbonyl (C=O) groups is 1. The second kappa shape index (κ2) is 5.44. The largest absolute Gasteiger partial charge is 0.467 e. The molecule has 1 aromatic rings. The van der Waals surface area contributed by atoms with Gasteiger partial charge in [0.25, 0.3) is 0 Å². The number of rotatable bonds is 4. The van der Waals surface area contributed by atoms with Crippen molar-refractivity contribution in [2.45, 2.75) is 32.4 Å². The van der Waals surface area contributed by atoms with E-state index >= 15 is 0 Å². The lowest BCUT2D eigenvalue weighted by molar-refractivity contribution is -0.148. The maximum Gasteiger partial charge on any atom is 0.330 e. The van der Waals surface area contributed by atoms with E-state index in [2.05, 4.69) is 5.32 Å². The zero-order chi connectivity index (χ0) is 13.9. The van der Waals surface area contributed by atoms with Crippen molar-refractivity contribution in [3.8, 4) is 0 Å². The van der Waals surface area contributed by atoms with Crippen molar-refractivity contribution < 1.29 is 18.3 Å². The van der Waals surface area contributed by atoms with E-state index in [9.17, 15) is 13.6 Å². The van der Waals surface area contributed by atoms with Crippen LogP contribution in [0.4, 0.5) is 8.78 Å². The van der Waals surface area contributed by atoms with Crippen LogP contribution in [0.2, 0.25) is 0 Å². The van der Waals surface area contributed by atoms with Crippen molar-refractivity contribution in [3.05, 3.63) is 35.4 Å². The van der Waals surface area contributed by atoms with Crippen molar-refractivity contribution in [2.75, 3.05) is 7.11 Å². The molecule has 0 aromatic heterocycles. The average Bonchev–Trinajstić information content (AvgIpc) is 2.30. The Kier molecular flexibility index (Phi) is 4.40. The zero-order valence-electron chi connectivity index (χ0n) is 10.9. The number of carbonyl (C=O) groups excluding carboxylic acids is 1. The highest BCUT2D eigenvalue weighted by atomic mass is 19.2. The highest BCUT2D eigenvalue weighted by Gasteiger charge is 2.37. The van der Waals surface area contributed by atoms with Crippen LogP contribution in [0.1, 0.15) is 26.3 Å². The minimum absolute atomic E-state index is 0.0257. The van der Waals surface area contributed by atoms with E-state index in [1.54, 1.807) is 6.92 Å². The van der Waals surface area contributed by atoms with Crippen molar-refractivity contribution in [1.82, 2.24) is 5.32 Å². The summed E-state index contributed by atoms with van der Waals surface area (Å²) in [7, 11) is 1.25. The summed E-state index contributed by atoms with van der Waals surface area (Å²) in [6.45, 7) is 5.27. The van der Waals surface area contributed by atoms with Crippen LogP contribution in [-0.4, -0.2) is 19.1 Å². The van der Waals surface area contributed by atoms with Crippen molar-refractivity contribution in [1.29, 1.82) is 0 Å². The fourth-order valence-corrected chi connectivity index (χ4v) is 1.85. The lowest BCUT2D eigenvalue weighted by Gasteiger charge is -2.30. The SMILES string of the molecule is COC(=O)C(C)(NC(C)C)c1ccc(F)c(F)c1. The maximum atomic E-state index is 13.3. The highest BCUT2D eigenvalue weighted by molar-refractivity contribution is 5.82. The summed E-state index contributed by atoms with van der Waals surface area (Å²) in [5.41, 5.74) is -0.890. The molecule has 0 radical (unpaired) electrons. The van der Waals surface area contributed by atoms with Crippen LogP contribution in [0, 0.1) is 11.6 Å². The molecule has 0 fully saturated rings. The maximum absolute atomic E-state index is 13.3. The molecule has 18 heavy (non-hydrogen) atoms. The van der Waals surface area contributed by atoms with E-state index in [1.807, 2.05) is 13.8 Å². The van der Waals surface area contributed by atoms with Gasteiger partial charge in [0.2, 0.25) is 0 Å². The van der Waals surface area contributed by atoms with Gasteiger partial charge in [0.05, 0.1) is 7.11 Å². The fourth-order valence-electron chi connectivity index (χ4n) is 1.85. The number of benzene rings is 1. The van der Waals surface area contributed by atoms with Gasteiger partial charge in [0.15, 0.2) is 11.6 Å². The van der Waals surface area contributed by atoms with E-state index < -0.39 is 23.1 Å². The topological polar surface area (TPSA) is 38.3 Å². The number of methoxy groups -OCH3 is 1. The van der Waals surface area contributed by atoms with Gasteiger partial charge in [-0.15, -0.1) is 0 Å². The standard InChI is InChI=1S/C13H17F2NO2/c1-8(2)16-13(3,12(17)18-4)9-5-6-10(14)11(15)7-9/h5-8,16H,1-4H3. The molecule has 0 saturated heterocycles. The predicted octanol–water partition coefficient (Wildman–Crippen LogP) is 2.35. The van der Waals surface area contributed by atoms with Gasteiger partial charge >= 0.3 is 5.97 Å². The molecular weight excluding hydrogens is 240 g/mol. The van der Waals surface area contributed by atoms with Gasteiger partial charge in [-0.05, 0) is 38.5 Å². The zero-order valence-corrected chi connectivity index (χ0v) is 10.9. The number of hydrogen-bond acceptors (Lipinski definition) is 3. The first kappa shape index (κ1) is 14.6. The summed E-state index contributed by atoms with van der Waals surface area (Å²) in [6.07, 6.45) is 0. The van der Waals surface area contributed by atoms with Crippen molar-refractivity contribution >= 4 is 5.97 Å². The van der Waals surface area contributed by atoms with Crippen LogP contribution in [0.3, 0.4) is 0 Å². The van der Waals surface area contributed by atoms with Crippen LogP contribution in [0.15, 0.2) is 18.2 Å². The molecule has 1 rings (SSSR count). The molecule has 0 aliphatic carbocycles. The summed E-state index contributed by atoms with van der Waals surface area (Å²) < 4.78 is 30.9. The van der Waals surface area contributed by atoms with Gasteiger partial charge in [-0.1, -0.05) is 6.07 Å². The molecule has 0 amide bonds. The van der Waals surface area contributed by atoms with Gasteiger partial charge < -0.3 is 4.74 Å². The Morgan fingerprint density at radius 1 is 1.33 bits per heavy atom. The molecule has 1 aromatic carbocycles. The van der Waals surface area contributed by atoms with Crippen LogP contribution in [0.25, 0.3) is 0 Å². The summed E-state index contributed by atoms with van der Waals surface area (Å²) in [6, 6.07) is 3.34. The second-order valence-electron chi connectivity index (χ2n) is 4.54. The Hall–Kier alpha value is -1.49. The Balaban J connectivity index is 3.25. The Labute approximate surface area is 105 Å². The quantitative estimate of drug-likeness (QED) is 0.841. The summed E-state index contributed by atoms with van der Waals surface area (Å²) in [4.78, 5) is 11.9. The van der Waals surface area contributed by atoms with E-state index in [0.29, 0.717) is 5.56 Å². The van der Waals surface area contributed by atoms with Gasteiger partial charge in [0.1, 0.15) is 5.54 Å². The third-order valence-corrected chi connectivity index (χ3v) is 2.67. The number of nitrogens with one attached hydrogen (secondary N) is 1. The van der Waals surface area contributed by atoms with Crippen molar-refractivity contribution in [3.63, 3.8) is 0 Å². The third kappa shape index (κ3) is 2.85. The monoisotopic (exact) mass is 257 g/mol. The van der Waals surface area contributed by atoms with E-state index in [-0.39, 0.29) is 6.04 Å². The molecule has 0 spiro atoms.